The van der Waals surface area contributed by atoms with Gasteiger partial charge in [0.1, 0.15) is 0 Å². The fourth-order valence-electron chi connectivity index (χ4n) is 0.780. The molecule has 0 amide bonds. The minimum Gasteiger partial charge on any atom is -0.658 e. The van der Waals surface area contributed by atoms with E-state index >= 15 is 0 Å². The third-order valence-electron chi connectivity index (χ3n) is 1.23. The summed E-state index contributed by atoms with van der Waals surface area (Å²) in [4.78, 5) is 0. The summed E-state index contributed by atoms with van der Waals surface area (Å²) in [6, 6.07) is 0. The Hall–Kier alpha value is -0.0800. The molecule has 0 saturated carbocycles. The van der Waals surface area contributed by atoms with Crippen LogP contribution in [0.5, 0.6) is 0 Å². The molecule has 2 nitrogen and oxygen atoms in total. The second kappa shape index (κ2) is 2.03. The van der Waals surface area contributed by atoms with Crippen LogP contribution in [0.2, 0.25) is 0 Å². The van der Waals surface area contributed by atoms with Gasteiger partial charge >= 0.3 is 0 Å². The van der Waals surface area contributed by atoms with Gasteiger partial charge in [-0.05, 0) is 13.8 Å². The van der Waals surface area contributed by atoms with E-state index in [4.69, 9.17) is 4.74 Å². The quantitative estimate of drug-likeness (QED) is 0.463. The molecule has 0 atom stereocenters. The molecule has 48 valence electrons. The Balaban J connectivity index is 2.33. The van der Waals surface area contributed by atoms with Crippen LogP contribution in [-0.4, -0.2) is 25.3 Å². The summed E-state index contributed by atoms with van der Waals surface area (Å²) in [5, 5.41) is 4.20. The van der Waals surface area contributed by atoms with Gasteiger partial charge in [0, 0.05) is 12.2 Å². The molecule has 0 spiro atoms. The molecule has 1 fully saturated rings. The van der Waals surface area contributed by atoms with Crippen LogP contribution in [0.25, 0.3) is 5.32 Å². The predicted molar refractivity (Wildman–Crippen MR) is 33.1 cm³/mol. The Morgan fingerprint density at radius 3 is 2.50 bits per heavy atom. The summed E-state index contributed by atoms with van der Waals surface area (Å²) in [7, 11) is 0. The molecule has 0 aromatic rings. The molecule has 1 rings (SSSR count). The van der Waals surface area contributed by atoms with E-state index in [2.05, 4.69) is 19.2 Å². The Morgan fingerprint density at radius 1 is 1.50 bits per heavy atom. The maximum Gasteiger partial charge on any atom is 0.0439 e. The average molecular weight is 114 g/mol. The third kappa shape index (κ3) is 1.46. The Labute approximate surface area is 50.2 Å². The highest BCUT2D eigenvalue weighted by atomic mass is 16.5. The van der Waals surface area contributed by atoms with Gasteiger partial charge in [-0.15, -0.1) is 13.1 Å². The summed E-state index contributed by atoms with van der Waals surface area (Å²) in [6.07, 6.45) is 0. The highest BCUT2D eigenvalue weighted by Crippen LogP contribution is 2.15. The zero-order valence-corrected chi connectivity index (χ0v) is 5.48. The standard InChI is InChI=1S/C6H12NO/c1-6(2)5-7-3-4-8-6/h3-5H2,1-2H3/q-1. The first-order valence-electron chi connectivity index (χ1n) is 2.98. The van der Waals surface area contributed by atoms with Gasteiger partial charge in [0.25, 0.3) is 0 Å². The lowest BCUT2D eigenvalue weighted by Crippen LogP contribution is -2.34. The SMILES string of the molecule is CC1(C)C[N-]CCO1. The fraction of sp³-hybridized carbons (Fsp3) is 1.00. The molecule has 1 aliphatic heterocycles. The van der Waals surface area contributed by atoms with Crippen LogP contribution in [0.15, 0.2) is 0 Å². The molecule has 0 unspecified atom stereocenters. The minimum atomic E-state index is 0.0122. The van der Waals surface area contributed by atoms with Crippen molar-refractivity contribution in [2.45, 2.75) is 19.4 Å². The van der Waals surface area contributed by atoms with E-state index < -0.39 is 0 Å². The predicted octanol–water partition coefficient (Wildman–Crippen LogP) is 1.17. The van der Waals surface area contributed by atoms with Crippen LogP contribution in [0, 0.1) is 0 Å². The number of ether oxygens (including phenoxy) is 1. The van der Waals surface area contributed by atoms with Gasteiger partial charge < -0.3 is 10.1 Å². The first kappa shape index (κ1) is 6.05. The van der Waals surface area contributed by atoms with E-state index in [1.807, 2.05) is 0 Å². The van der Waals surface area contributed by atoms with Crippen molar-refractivity contribution in [2.24, 2.45) is 0 Å². The average Bonchev–Trinajstić information content (AvgIpc) is 1.65. The molecule has 1 aliphatic rings. The number of morpholine rings is 1. The first-order valence-corrected chi connectivity index (χ1v) is 2.98. The van der Waals surface area contributed by atoms with E-state index in [9.17, 15) is 0 Å². The van der Waals surface area contributed by atoms with Crippen molar-refractivity contribution < 1.29 is 4.74 Å². The fourth-order valence-corrected chi connectivity index (χ4v) is 0.780. The van der Waals surface area contributed by atoms with E-state index in [1.165, 1.54) is 0 Å². The summed E-state index contributed by atoms with van der Waals surface area (Å²) in [5.41, 5.74) is 0.0122. The lowest BCUT2D eigenvalue weighted by Gasteiger charge is -2.39. The van der Waals surface area contributed by atoms with Gasteiger partial charge in [0.05, 0.1) is 0 Å². The smallest absolute Gasteiger partial charge is 0.0439 e. The van der Waals surface area contributed by atoms with Gasteiger partial charge in [0.2, 0.25) is 0 Å². The van der Waals surface area contributed by atoms with Crippen molar-refractivity contribution in [2.75, 3.05) is 19.7 Å². The lowest BCUT2D eigenvalue weighted by molar-refractivity contribution is -0.0142. The topological polar surface area (TPSA) is 23.3 Å². The summed E-state index contributed by atoms with van der Waals surface area (Å²) in [5.74, 6) is 0. The van der Waals surface area contributed by atoms with Crippen LogP contribution >= 0.6 is 0 Å². The number of hydrogen-bond donors (Lipinski definition) is 0. The minimum absolute atomic E-state index is 0.0122. The normalized spacial score (nSPS) is 27.8. The van der Waals surface area contributed by atoms with E-state index in [1.54, 1.807) is 0 Å². The Bertz CT molecular complexity index is 72.6. The second-order valence-electron chi connectivity index (χ2n) is 2.71. The van der Waals surface area contributed by atoms with Crippen LogP contribution < -0.4 is 0 Å². The molecule has 0 bridgehead atoms. The summed E-state index contributed by atoms with van der Waals surface area (Å²) >= 11 is 0. The summed E-state index contributed by atoms with van der Waals surface area (Å²) < 4.78 is 5.37. The Morgan fingerprint density at radius 2 is 2.25 bits per heavy atom. The van der Waals surface area contributed by atoms with Gasteiger partial charge in [-0.3, -0.25) is 0 Å². The zero-order valence-electron chi connectivity index (χ0n) is 5.48. The number of hydrogen-bond acceptors (Lipinski definition) is 1. The molecule has 1 saturated heterocycles. The maximum absolute atomic E-state index is 5.37. The largest absolute Gasteiger partial charge is 0.658 e. The highest BCUT2D eigenvalue weighted by molar-refractivity contribution is 4.93. The molecular formula is C6H12NO-. The first-order chi connectivity index (χ1) is 3.71. The van der Waals surface area contributed by atoms with Crippen molar-refractivity contribution in [3.63, 3.8) is 0 Å². The van der Waals surface area contributed by atoms with E-state index in [0.717, 1.165) is 19.7 Å². The van der Waals surface area contributed by atoms with E-state index in [0.29, 0.717) is 0 Å². The summed E-state index contributed by atoms with van der Waals surface area (Å²) in [6.45, 7) is 6.66. The number of nitrogens with zero attached hydrogens (tertiary/aromatic N) is 1. The molecule has 0 radical (unpaired) electrons. The van der Waals surface area contributed by atoms with Crippen molar-refractivity contribution in [1.82, 2.24) is 0 Å². The highest BCUT2D eigenvalue weighted by Gasteiger charge is 2.13. The van der Waals surface area contributed by atoms with Gasteiger partial charge in [-0.1, -0.05) is 0 Å². The van der Waals surface area contributed by atoms with Crippen LogP contribution in [-0.2, 0) is 4.74 Å². The molecule has 0 aromatic heterocycles. The van der Waals surface area contributed by atoms with Gasteiger partial charge in [-0.2, -0.15) is 0 Å². The van der Waals surface area contributed by atoms with Crippen LogP contribution in [0.1, 0.15) is 13.8 Å². The van der Waals surface area contributed by atoms with Crippen molar-refractivity contribution in [3.05, 3.63) is 5.32 Å². The van der Waals surface area contributed by atoms with Crippen LogP contribution in [0.3, 0.4) is 0 Å². The molecule has 0 aromatic carbocycles. The number of rotatable bonds is 0. The van der Waals surface area contributed by atoms with E-state index in [-0.39, 0.29) is 5.60 Å². The van der Waals surface area contributed by atoms with Crippen molar-refractivity contribution in [3.8, 4) is 0 Å². The molecule has 1 heterocycles. The molecular weight excluding hydrogens is 102 g/mol. The third-order valence-corrected chi connectivity index (χ3v) is 1.23. The maximum atomic E-state index is 5.37. The molecule has 2 heteroatoms. The van der Waals surface area contributed by atoms with Gasteiger partial charge in [-0.25, -0.2) is 0 Å². The Kier molecular flexibility index (Phi) is 1.54. The lowest BCUT2D eigenvalue weighted by atomic mass is 10.1. The second-order valence-corrected chi connectivity index (χ2v) is 2.71. The van der Waals surface area contributed by atoms with Crippen molar-refractivity contribution in [1.29, 1.82) is 0 Å². The van der Waals surface area contributed by atoms with Crippen LogP contribution in [0.4, 0.5) is 0 Å². The van der Waals surface area contributed by atoms with Crippen molar-refractivity contribution >= 4 is 0 Å². The molecule has 0 aliphatic carbocycles. The molecule has 0 N–H and O–H groups in total. The zero-order chi connectivity index (χ0) is 6.04. The van der Waals surface area contributed by atoms with Gasteiger partial charge in [0.15, 0.2) is 0 Å². The molecule has 8 heavy (non-hydrogen) atoms. The monoisotopic (exact) mass is 114 g/mol.